The number of aromatic amines is 1. The maximum Gasteiger partial charge on any atom is 0.279 e. The molecule has 0 spiro atoms. The monoisotopic (exact) mass is 545 g/mol. The number of H-pyrrole nitrogens is 1. The topological polar surface area (TPSA) is 90.6 Å². The molecule has 5 rings (SSSR count). The summed E-state index contributed by atoms with van der Waals surface area (Å²) >= 11 is 0. The molecule has 2 N–H and O–H groups in total. The Morgan fingerprint density at radius 3 is 2.18 bits per heavy atom. The Labute approximate surface area is 230 Å². The zero-order valence-corrected chi connectivity index (χ0v) is 23.0. The molecular formula is C30H35N5O3S. The highest BCUT2D eigenvalue weighted by atomic mass is 32.2. The zero-order chi connectivity index (χ0) is 27.1. The Morgan fingerprint density at radius 2 is 1.51 bits per heavy atom. The van der Waals surface area contributed by atoms with E-state index < -0.39 is 10.2 Å². The minimum Gasteiger partial charge on any atom is -0.497 e. The number of ether oxygens (including phenoxy) is 1. The summed E-state index contributed by atoms with van der Waals surface area (Å²) in [5.74, 6) is 1.53. The predicted molar refractivity (Wildman–Crippen MR) is 155 cm³/mol. The molecule has 1 fully saturated rings. The maximum absolute atomic E-state index is 13.1. The lowest BCUT2D eigenvalue weighted by molar-refractivity contribution is 0.189. The van der Waals surface area contributed by atoms with Gasteiger partial charge in [-0.1, -0.05) is 60.7 Å². The van der Waals surface area contributed by atoms with E-state index in [2.05, 4.69) is 38.9 Å². The molecule has 1 aromatic heterocycles. The first kappa shape index (κ1) is 27.1. The van der Waals surface area contributed by atoms with Crippen LogP contribution in [0.1, 0.15) is 11.3 Å². The molecule has 0 saturated carbocycles. The molecule has 4 aromatic rings. The van der Waals surface area contributed by atoms with Gasteiger partial charge in [-0.05, 0) is 36.2 Å². The summed E-state index contributed by atoms with van der Waals surface area (Å²) < 4.78 is 35.8. The van der Waals surface area contributed by atoms with Crippen LogP contribution in [0.2, 0.25) is 0 Å². The molecule has 9 heteroatoms. The summed E-state index contributed by atoms with van der Waals surface area (Å²) in [6.45, 7) is 3.63. The van der Waals surface area contributed by atoms with Crippen LogP contribution in [0.4, 0.5) is 0 Å². The molecule has 0 amide bonds. The number of hydrogen-bond acceptors (Lipinski definition) is 5. The Bertz CT molecular complexity index is 1430. The van der Waals surface area contributed by atoms with Gasteiger partial charge in [0.15, 0.2) is 0 Å². The number of imidazole rings is 1. The first-order chi connectivity index (χ1) is 19.0. The first-order valence-electron chi connectivity index (χ1n) is 13.3. The van der Waals surface area contributed by atoms with Crippen molar-refractivity contribution in [2.24, 2.45) is 0 Å². The van der Waals surface area contributed by atoms with Gasteiger partial charge in [0.2, 0.25) is 0 Å². The van der Waals surface area contributed by atoms with E-state index in [9.17, 15) is 8.42 Å². The summed E-state index contributed by atoms with van der Waals surface area (Å²) in [6.07, 6.45) is 1.43. The molecule has 1 aliphatic heterocycles. The lowest BCUT2D eigenvalue weighted by Crippen LogP contribution is -2.52. The van der Waals surface area contributed by atoms with Crippen molar-refractivity contribution in [1.29, 1.82) is 0 Å². The highest BCUT2D eigenvalue weighted by Gasteiger charge is 2.26. The van der Waals surface area contributed by atoms with Gasteiger partial charge >= 0.3 is 0 Å². The number of nitrogens with one attached hydrogen (secondary N) is 2. The first-order valence-corrected chi connectivity index (χ1v) is 14.8. The number of nitrogens with zero attached hydrogens (tertiary/aromatic N) is 3. The van der Waals surface area contributed by atoms with E-state index in [0.29, 0.717) is 19.5 Å². The minimum absolute atomic E-state index is 0.263. The fourth-order valence-electron chi connectivity index (χ4n) is 4.83. The summed E-state index contributed by atoms with van der Waals surface area (Å²) in [5, 5.41) is 0. The molecule has 0 aliphatic carbocycles. The van der Waals surface area contributed by atoms with E-state index >= 15 is 0 Å². The zero-order valence-electron chi connectivity index (χ0n) is 22.2. The SMILES string of the molecule is COc1ccc(-c2[nH]c(-c3ccccc3)nc2CCNS(=O)(=O)N2CCN(CCc3ccccc3)CC2)cc1. The largest absolute Gasteiger partial charge is 0.497 e. The number of hydrogen-bond donors (Lipinski definition) is 2. The van der Waals surface area contributed by atoms with E-state index in [1.165, 1.54) is 5.56 Å². The third-order valence-electron chi connectivity index (χ3n) is 7.08. The van der Waals surface area contributed by atoms with Crippen molar-refractivity contribution >= 4 is 10.2 Å². The molecule has 1 saturated heterocycles. The number of methoxy groups -OCH3 is 1. The highest BCUT2D eigenvalue weighted by Crippen LogP contribution is 2.28. The maximum atomic E-state index is 13.1. The summed E-state index contributed by atoms with van der Waals surface area (Å²) in [5.41, 5.74) is 4.94. The van der Waals surface area contributed by atoms with Gasteiger partial charge in [-0.15, -0.1) is 0 Å². The number of benzene rings is 3. The summed E-state index contributed by atoms with van der Waals surface area (Å²) in [6, 6.07) is 28.1. The fraction of sp³-hybridized carbons (Fsp3) is 0.300. The van der Waals surface area contributed by atoms with E-state index in [-0.39, 0.29) is 6.54 Å². The van der Waals surface area contributed by atoms with Gasteiger partial charge in [0, 0.05) is 56.8 Å². The van der Waals surface area contributed by atoms with Gasteiger partial charge in [-0.2, -0.15) is 12.7 Å². The fourth-order valence-corrected chi connectivity index (χ4v) is 6.02. The van der Waals surface area contributed by atoms with Crippen LogP contribution in [0, 0.1) is 0 Å². The molecule has 2 heterocycles. The second kappa shape index (κ2) is 12.6. The molecule has 204 valence electrons. The third kappa shape index (κ3) is 6.93. The molecule has 1 aliphatic rings. The van der Waals surface area contributed by atoms with E-state index in [1.54, 1.807) is 11.4 Å². The van der Waals surface area contributed by atoms with Gasteiger partial charge < -0.3 is 14.6 Å². The van der Waals surface area contributed by atoms with Crippen molar-refractivity contribution in [2.45, 2.75) is 12.8 Å². The summed E-state index contributed by atoms with van der Waals surface area (Å²) in [4.78, 5) is 10.6. The van der Waals surface area contributed by atoms with Gasteiger partial charge in [0.05, 0.1) is 18.5 Å². The van der Waals surface area contributed by atoms with E-state index in [0.717, 1.165) is 60.1 Å². The Kier molecular flexibility index (Phi) is 8.73. The van der Waals surface area contributed by atoms with E-state index in [4.69, 9.17) is 9.72 Å². The van der Waals surface area contributed by atoms with Gasteiger partial charge in [-0.3, -0.25) is 0 Å². The van der Waals surface area contributed by atoms with Crippen molar-refractivity contribution in [2.75, 3.05) is 46.4 Å². The van der Waals surface area contributed by atoms with Crippen LogP contribution >= 0.6 is 0 Å². The highest BCUT2D eigenvalue weighted by molar-refractivity contribution is 7.87. The normalized spacial score (nSPS) is 14.9. The smallest absolute Gasteiger partial charge is 0.279 e. The van der Waals surface area contributed by atoms with Crippen LogP contribution in [0.3, 0.4) is 0 Å². The predicted octanol–water partition coefficient (Wildman–Crippen LogP) is 3.99. The molecule has 0 unspecified atom stereocenters. The molecule has 0 atom stereocenters. The number of piperazine rings is 1. The lowest BCUT2D eigenvalue weighted by Gasteiger charge is -2.33. The molecule has 0 bridgehead atoms. The second-order valence-corrected chi connectivity index (χ2v) is 11.4. The number of aromatic nitrogens is 2. The van der Waals surface area contributed by atoms with Crippen LogP contribution in [0.15, 0.2) is 84.9 Å². The van der Waals surface area contributed by atoms with Crippen molar-refractivity contribution in [3.8, 4) is 28.4 Å². The van der Waals surface area contributed by atoms with Crippen molar-refractivity contribution in [1.82, 2.24) is 23.9 Å². The van der Waals surface area contributed by atoms with Crippen molar-refractivity contribution < 1.29 is 13.2 Å². The molecular weight excluding hydrogens is 510 g/mol. The van der Waals surface area contributed by atoms with Crippen molar-refractivity contribution in [3.63, 3.8) is 0 Å². The van der Waals surface area contributed by atoms with E-state index in [1.807, 2.05) is 60.7 Å². The second-order valence-electron chi connectivity index (χ2n) is 9.63. The third-order valence-corrected chi connectivity index (χ3v) is 8.70. The quantitative estimate of drug-likeness (QED) is 0.298. The van der Waals surface area contributed by atoms with Gasteiger partial charge in [0.1, 0.15) is 11.6 Å². The average Bonchev–Trinajstić information content (AvgIpc) is 3.41. The Hall–Kier alpha value is -3.50. The van der Waals surface area contributed by atoms with Gasteiger partial charge in [-0.25, -0.2) is 9.71 Å². The number of rotatable bonds is 11. The summed E-state index contributed by atoms with van der Waals surface area (Å²) in [7, 11) is -1.93. The minimum atomic E-state index is -3.57. The lowest BCUT2D eigenvalue weighted by atomic mass is 10.1. The average molecular weight is 546 g/mol. The van der Waals surface area contributed by atoms with Gasteiger partial charge in [0.25, 0.3) is 10.2 Å². The van der Waals surface area contributed by atoms with Crippen molar-refractivity contribution in [3.05, 3.63) is 96.2 Å². The molecule has 39 heavy (non-hydrogen) atoms. The van der Waals surface area contributed by atoms with Crippen LogP contribution in [0.5, 0.6) is 5.75 Å². The standard InChI is InChI=1S/C30H35N5O3S/c1-38-27-14-12-25(13-15-27)29-28(32-30(33-29)26-10-6-3-7-11-26)16-18-31-39(36,37)35-22-20-34(21-23-35)19-17-24-8-4-2-5-9-24/h2-15,31H,16-23H2,1H3,(H,32,33). The molecule has 0 radical (unpaired) electrons. The molecule has 8 nitrogen and oxygen atoms in total. The van der Waals surface area contributed by atoms with Crippen LogP contribution in [0.25, 0.3) is 22.6 Å². The Morgan fingerprint density at radius 1 is 0.846 bits per heavy atom. The van der Waals surface area contributed by atoms with Crippen LogP contribution in [-0.2, 0) is 23.1 Å². The van der Waals surface area contributed by atoms with Crippen LogP contribution < -0.4 is 9.46 Å². The van der Waals surface area contributed by atoms with Crippen LogP contribution in [-0.4, -0.2) is 74.0 Å². The molecule has 3 aromatic carbocycles. The Balaban J connectivity index is 1.20.